The second kappa shape index (κ2) is 11.4. The van der Waals surface area contributed by atoms with Crippen molar-refractivity contribution in [3.63, 3.8) is 0 Å². The fourth-order valence-electron chi connectivity index (χ4n) is 1.20. The van der Waals surface area contributed by atoms with Gasteiger partial charge in [-0.05, 0) is 27.2 Å². The molecule has 0 amide bonds. The molecule has 0 aliphatic carbocycles. The van der Waals surface area contributed by atoms with Gasteiger partial charge in [0.05, 0.1) is 6.61 Å². The Morgan fingerprint density at radius 2 is 1.78 bits per heavy atom. The molecule has 0 heterocycles. The molecule has 6 heteroatoms. The van der Waals surface area contributed by atoms with E-state index in [1.165, 1.54) is 6.92 Å². The topological polar surface area (TPSA) is 61.8 Å². The zero-order valence-corrected chi connectivity index (χ0v) is 12.4. The van der Waals surface area contributed by atoms with E-state index < -0.39 is 5.97 Å². The molecule has 0 aromatic carbocycles. The van der Waals surface area contributed by atoms with E-state index >= 15 is 0 Å². The van der Waals surface area contributed by atoms with Crippen LogP contribution in [0.15, 0.2) is 0 Å². The smallest absolute Gasteiger partial charge is 0.313 e. The van der Waals surface area contributed by atoms with Crippen LogP contribution in [0.4, 0.5) is 0 Å². The molecule has 0 spiro atoms. The molecule has 0 aromatic rings. The fraction of sp³-hybridized carbons (Fsp3) is 0.833. The number of carbonyl (C=O) groups excluding carboxylic acids is 2. The summed E-state index contributed by atoms with van der Waals surface area (Å²) >= 11 is 0. The Hall–Kier alpha value is -0.723. The van der Waals surface area contributed by atoms with Crippen LogP contribution in [0, 0.1) is 0 Å². The van der Waals surface area contributed by atoms with E-state index in [1.807, 2.05) is 13.8 Å². The normalized spacial score (nSPS) is 10.7. The summed E-state index contributed by atoms with van der Waals surface area (Å²) in [5, 5.41) is 0. The summed E-state index contributed by atoms with van der Waals surface area (Å²) in [5.74, 6) is -0.764. The van der Waals surface area contributed by atoms with Crippen molar-refractivity contribution < 1.29 is 23.8 Å². The highest BCUT2D eigenvalue weighted by atomic mass is 28.2. The Balaban J connectivity index is 3.53. The third kappa shape index (κ3) is 10.4. The molecule has 0 atom stereocenters. The van der Waals surface area contributed by atoms with E-state index in [4.69, 9.17) is 14.2 Å². The van der Waals surface area contributed by atoms with Gasteiger partial charge in [-0.1, -0.05) is 6.04 Å². The van der Waals surface area contributed by atoms with Gasteiger partial charge in [0.2, 0.25) is 0 Å². The summed E-state index contributed by atoms with van der Waals surface area (Å²) in [6.45, 7) is 6.85. The van der Waals surface area contributed by atoms with Crippen LogP contribution in [-0.2, 0) is 23.8 Å². The zero-order valence-electron chi connectivity index (χ0n) is 11.4. The third-order valence-corrected chi connectivity index (χ3v) is 3.23. The average Bonchev–Trinajstić information content (AvgIpc) is 2.28. The lowest BCUT2D eigenvalue weighted by molar-refractivity contribution is -0.145. The van der Waals surface area contributed by atoms with E-state index in [0.29, 0.717) is 29.3 Å². The minimum atomic E-state index is -0.447. The second-order valence-corrected chi connectivity index (χ2v) is 5.03. The van der Waals surface area contributed by atoms with Crippen LogP contribution in [0.25, 0.3) is 0 Å². The highest BCUT2D eigenvalue weighted by molar-refractivity contribution is 6.36. The predicted molar refractivity (Wildman–Crippen MR) is 68.5 cm³/mol. The van der Waals surface area contributed by atoms with Crippen molar-refractivity contribution in [1.82, 2.24) is 0 Å². The Morgan fingerprint density at radius 1 is 1.17 bits per heavy atom. The maximum atomic E-state index is 11.1. The van der Waals surface area contributed by atoms with Crippen molar-refractivity contribution in [3.8, 4) is 0 Å². The molecule has 5 nitrogen and oxygen atoms in total. The molecule has 18 heavy (non-hydrogen) atoms. The van der Waals surface area contributed by atoms with Gasteiger partial charge in [-0.2, -0.15) is 0 Å². The maximum absolute atomic E-state index is 11.1. The van der Waals surface area contributed by atoms with E-state index in [-0.39, 0.29) is 18.1 Å². The van der Waals surface area contributed by atoms with Gasteiger partial charge in [0.1, 0.15) is 27.6 Å². The van der Waals surface area contributed by atoms with Crippen LogP contribution >= 0.6 is 0 Å². The lowest BCUT2D eigenvalue weighted by Gasteiger charge is -2.15. The number of ether oxygens (including phenoxy) is 3. The summed E-state index contributed by atoms with van der Waals surface area (Å²) < 4.78 is 15.7. The average molecular weight is 274 g/mol. The molecule has 0 unspecified atom stereocenters. The Labute approximate surface area is 111 Å². The van der Waals surface area contributed by atoms with Crippen LogP contribution in [0.3, 0.4) is 0 Å². The number of hydrogen-bond donors (Lipinski definition) is 0. The zero-order chi connectivity index (χ0) is 13.8. The van der Waals surface area contributed by atoms with Crippen LogP contribution in [0.5, 0.6) is 0 Å². The fourth-order valence-corrected chi connectivity index (χ4v) is 2.35. The molecule has 0 aliphatic rings. The largest absolute Gasteiger partial charge is 0.465 e. The quantitative estimate of drug-likeness (QED) is 0.187. The highest BCUT2D eigenvalue weighted by Gasteiger charge is 2.09. The van der Waals surface area contributed by atoms with Crippen LogP contribution in [0.2, 0.25) is 6.04 Å². The van der Waals surface area contributed by atoms with Crippen molar-refractivity contribution in [2.75, 3.05) is 19.8 Å². The first kappa shape index (κ1) is 17.3. The van der Waals surface area contributed by atoms with Crippen molar-refractivity contribution >= 4 is 21.3 Å². The molecular formula is C12H22O5Si. The first-order valence-corrected chi connectivity index (χ1v) is 7.50. The number of rotatable bonds is 11. The SMILES string of the molecule is CCOC(OCC)[Si]CCCOC(=O)CC(C)=O. The third-order valence-electron chi connectivity index (χ3n) is 1.92. The lowest BCUT2D eigenvalue weighted by Crippen LogP contribution is -2.24. The number of ketones is 1. The first-order valence-electron chi connectivity index (χ1n) is 6.21. The molecule has 0 saturated carbocycles. The summed E-state index contributed by atoms with van der Waals surface area (Å²) in [7, 11) is 0.534. The van der Waals surface area contributed by atoms with Gasteiger partial charge in [-0.25, -0.2) is 0 Å². The lowest BCUT2D eigenvalue weighted by atomic mass is 10.3. The number of Topliss-reactive ketones (excluding diaryl/α,β-unsaturated/α-hetero) is 1. The van der Waals surface area contributed by atoms with Crippen molar-refractivity contribution in [2.24, 2.45) is 0 Å². The van der Waals surface area contributed by atoms with Crippen molar-refractivity contribution in [2.45, 2.75) is 45.6 Å². The van der Waals surface area contributed by atoms with E-state index in [0.717, 1.165) is 12.5 Å². The van der Waals surface area contributed by atoms with Gasteiger partial charge >= 0.3 is 5.97 Å². The monoisotopic (exact) mass is 274 g/mol. The molecule has 0 N–H and O–H groups in total. The van der Waals surface area contributed by atoms with E-state index in [1.54, 1.807) is 0 Å². The van der Waals surface area contributed by atoms with Gasteiger partial charge < -0.3 is 14.2 Å². The maximum Gasteiger partial charge on any atom is 0.313 e. The first-order chi connectivity index (χ1) is 8.60. The van der Waals surface area contributed by atoms with Crippen LogP contribution in [-0.4, -0.2) is 47.0 Å². The van der Waals surface area contributed by atoms with Crippen molar-refractivity contribution in [3.05, 3.63) is 0 Å². The molecule has 2 radical (unpaired) electrons. The van der Waals surface area contributed by atoms with Gasteiger partial charge in [-0.3, -0.25) is 9.59 Å². The second-order valence-electron chi connectivity index (χ2n) is 3.65. The standard InChI is InChI=1S/C12H22O5Si/c1-4-15-12(16-5-2)18-8-6-7-17-11(14)9-10(3)13/h12H,4-9H2,1-3H3. The van der Waals surface area contributed by atoms with Crippen molar-refractivity contribution in [1.29, 1.82) is 0 Å². The molecule has 0 rings (SSSR count). The van der Waals surface area contributed by atoms with Gasteiger partial charge in [0, 0.05) is 13.2 Å². The number of carbonyl (C=O) groups is 2. The summed E-state index contributed by atoms with van der Waals surface area (Å²) in [4.78, 5) is 21.7. The minimum absolute atomic E-state index is 0.136. The molecular weight excluding hydrogens is 252 g/mol. The van der Waals surface area contributed by atoms with Crippen LogP contribution in [0.1, 0.15) is 33.6 Å². The minimum Gasteiger partial charge on any atom is -0.465 e. The van der Waals surface area contributed by atoms with E-state index in [2.05, 4.69) is 0 Å². The van der Waals surface area contributed by atoms with Gasteiger partial charge in [0.25, 0.3) is 0 Å². The number of hydrogen-bond acceptors (Lipinski definition) is 5. The van der Waals surface area contributed by atoms with Crippen LogP contribution < -0.4 is 0 Å². The molecule has 0 aliphatic heterocycles. The predicted octanol–water partition coefficient (Wildman–Crippen LogP) is 1.38. The molecule has 0 fully saturated rings. The molecule has 0 aromatic heterocycles. The summed E-state index contributed by atoms with van der Waals surface area (Å²) in [6, 6.07) is 0.887. The Kier molecular flexibility index (Phi) is 10.9. The number of esters is 1. The van der Waals surface area contributed by atoms with Gasteiger partial charge in [0.15, 0.2) is 0 Å². The van der Waals surface area contributed by atoms with Gasteiger partial charge in [-0.15, -0.1) is 0 Å². The highest BCUT2D eigenvalue weighted by Crippen LogP contribution is 2.00. The summed E-state index contributed by atoms with van der Waals surface area (Å²) in [6.07, 6.45) is 0.627. The summed E-state index contributed by atoms with van der Waals surface area (Å²) in [5.41, 5.74) is 0. The Morgan fingerprint density at radius 3 is 2.28 bits per heavy atom. The molecule has 0 saturated heterocycles. The van der Waals surface area contributed by atoms with E-state index in [9.17, 15) is 9.59 Å². The molecule has 104 valence electrons. The Bertz CT molecular complexity index is 239. The molecule has 0 bridgehead atoms.